The Morgan fingerprint density at radius 1 is 1.18 bits per heavy atom. The minimum absolute atomic E-state index is 0.223. The monoisotopic (exact) mass is 297 g/mol. The fourth-order valence-corrected chi connectivity index (χ4v) is 2.47. The Bertz CT molecular complexity index is 333. The molecule has 1 heterocycles. The zero-order valence-corrected chi connectivity index (χ0v) is 11.6. The SMILES string of the molecule is NCC(NN1CCCCC1)c1ccc(Br)cc1. The minimum Gasteiger partial charge on any atom is -0.329 e. The van der Waals surface area contributed by atoms with E-state index in [9.17, 15) is 0 Å². The lowest BCUT2D eigenvalue weighted by Crippen LogP contribution is -2.45. The summed E-state index contributed by atoms with van der Waals surface area (Å²) < 4.78 is 1.11. The molecule has 0 saturated carbocycles. The van der Waals surface area contributed by atoms with Crippen molar-refractivity contribution >= 4 is 15.9 Å². The average Bonchev–Trinajstić information content (AvgIpc) is 2.38. The summed E-state index contributed by atoms with van der Waals surface area (Å²) in [6.45, 7) is 2.89. The molecule has 3 nitrogen and oxygen atoms in total. The van der Waals surface area contributed by atoms with Gasteiger partial charge in [-0.1, -0.05) is 34.5 Å². The first-order valence-corrected chi connectivity index (χ1v) is 7.05. The first-order valence-electron chi connectivity index (χ1n) is 6.26. The van der Waals surface area contributed by atoms with Gasteiger partial charge in [-0.25, -0.2) is 10.4 Å². The summed E-state index contributed by atoms with van der Waals surface area (Å²) in [6.07, 6.45) is 3.92. The van der Waals surface area contributed by atoms with E-state index >= 15 is 0 Å². The van der Waals surface area contributed by atoms with E-state index in [0.717, 1.165) is 17.6 Å². The third kappa shape index (κ3) is 3.78. The number of piperidine rings is 1. The fraction of sp³-hybridized carbons (Fsp3) is 0.538. The zero-order chi connectivity index (χ0) is 12.1. The van der Waals surface area contributed by atoms with Gasteiger partial charge in [-0.2, -0.15) is 0 Å². The summed E-state index contributed by atoms with van der Waals surface area (Å²) in [4.78, 5) is 0. The van der Waals surface area contributed by atoms with Crippen LogP contribution in [0.3, 0.4) is 0 Å². The largest absolute Gasteiger partial charge is 0.329 e. The number of nitrogens with two attached hydrogens (primary N) is 1. The molecular formula is C13H20BrN3. The van der Waals surface area contributed by atoms with Crippen LogP contribution >= 0.6 is 15.9 Å². The molecule has 0 aliphatic carbocycles. The average molecular weight is 298 g/mol. The zero-order valence-electron chi connectivity index (χ0n) is 10.0. The molecule has 3 N–H and O–H groups in total. The normalized spacial score (nSPS) is 19.2. The van der Waals surface area contributed by atoms with E-state index in [1.165, 1.54) is 24.8 Å². The molecule has 1 saturated heterocycles. The van der Waals surface area contributed by atoms with Crippen LogP contribution in [-0.4, -0.2) is 24.6 Å². The molecule has 1 atom stereocenters. The van der Waals surface area contributed by atoms with Gasteiger partial charge < -0.3 is 5.73 Å². The van der Waals surface area contributed by atoms with Gasteiger partial charge in [-0.05, 0) is 30.5 Å². The summed E-state index contributed by atoms with van der Waals surface area (Å²) in [6, 6.07) is 8.60. The second-order valence-corrected chi connectivity index (χ2v) is 5.43. The second kappa shape index (κ2) is 6.50. The molecule has 0 radical (unpaired) electrons. The van der Waals surface area contributed by atoms with Crippen LogP contribution in [0, 0.1) is 0 Å². The van der Waals surface area contributed by atoms with E-state index in [4.69, 9.17) is 5.73 Å². The van der Waals surface area contributed by atoms with Crippen molar-refractivity contribution in [1.29, 1.82) is 0 Å². The lowest BCUT2D eigenvalue weighted by Gasteiger charge is -2.31. The number of rotatable bonds is 4. The van der Waals surface area contributed by atoms with Crippen LogP contribution in [-0.2, 0) is 0 Å². The van der Waals surface area contributed by atoms with Gasteiger partial charge in [0, 0.05) is 24.1 Å². The van der Waals surface area contributed by atoms with Gasteiger partial charge in [-0.3, -0.25) is 0 Å². The Labute approximate surface area is 111 Å². The number of benzene rings is 1. The molecule has 1 aromatic rings. The highest BCUT2D eigenvalue weighted by molar-refractivity contribution is 9.10. The molecule has 1 aliphatic rings. The topological polar surface area (TPSA) is 41.3 Å². The molecule has 0 spiro atoms. The van der Waals surface area contributed by atoms with Gasteiger partial charge in [0.2, 0.25) is 0 Å². The maximum absolute atomic E-state index is 5.86. The molecule has 0 bridgehead atoms. The highest BCUT2D eigenvalue weighted by atomic mass is 79.9. The molecule has 1 aromatic carbocycles. The van der Waals surface area contributed by atoms with E-state index < -0.39 is 0 Å². The van der Waals surface area contributed by atoms with Crippen LogP contribution in [0.5, 0.6) is 0 Å². The Balaban J connectivity index is 1.97. The smallest absolute Gasteiger partial charge is 0.0587 e. The lowest BCUT2D eigenvalue weighted by molar-refractivity contribution is 0.130. The van der Waals surface area contributed by atoms with Crippen molar-refractivity contribution < 1.29 is 0 Å². The van der Waals surface area contributed by atoms with Crippen molar-refractivity contribution in [1.82, 2.24) is 10.4 Å². The van der Waals surface area contributed by atoms with Crippen molar-refractivity contribution in [3.63, 3.8) is 0 Å². The number of nitrogens with one attached hydrogen (secondary N) is 1. The first-order chi connectivity index (χ1) is 8.29. The Hall–Kier alpha value is -0.420. The summed E-state index contributed by atoms with van der Waals surface area (Å²) in [5.74, 6) is 0. The molecule has 4 heteroatoms. The number of hydrazine groups is 1. The molecule has 1 aliphatic heterocycles. The van der Waals surface area contributed by atoms with Gasteiger partial charge >= 0.3 is 0 Å². The Morgan fingerprint density at radius 2 is 1.82 bits per heavy atom. The van der Waals surface area contributed by atoms with Crippen LogP contribution in [0.25, 0.3) is 0 Å². The predicted molar refractivity (Wildman–Crippen MR) is 74.5 cm³/mol. The van der Waals surface area contributed by atoms with Crippen molar-refractivity contribution in [2.75, 3.05) is 19.6 Å². The summed E-state index contributed by atoms with van der Waals surface area (Å²) >= 11 is 3.45. The van der Waals surface area contributed by atoms with Crippen LogP contribution in [0.2, 0.25) is 0 Å². The van der Waals surface area contributed by atoms with Crippen molar-refractivity contribution in [3.8, 4) is 0 Å². The Kier molecular flexibility index (Phi) is 4.98. The summed E-state index contributed by atoms with van der Waals surface area (Å²) in [5, 5.41) is 2.31. The van der Waals surface area contributed by atoms with Crippen LogP contribution in [0.15, 0.2) is 28.7 Å². The number of hydrogen-bond acceptors (Lipinski definition) is 3. The van der Waals surface area contributed by atoms with E-state index in [2.05, 4.69) is 50.6 Å². The quantitative estimate of drug-likeness (QED) is 0.897. The summed E-state index contributed by atoms with van der Waals surface area (Å²) in [5.41, 5.74) is 10.6. The van der Waals surface area contributed by atoms with Crippen molar-refractivity contribution in [2.24, 2.45) is 5.73 Å². The highest BCUT2D eigenvalue weighted by Gasteiger charge is 2.15. The van der Waals surface area contributed by atoms with Gasteiger partial charge in [0.05, 0.1) is 6.04 Å². The maximum atomic E-state index is 5.86. The van der Waals surface area contributed by atoms with Gasteiger partial charge in [0.1, 0.15) is 0 Å². The lowest BCUT2D eigenvalue weighted by atomic mass is 10.1. The van der Waals surface area contributed by atoms with E-state index in [-0.39, 0.29) is 6.04 Å². The van der Waals surface area contributed by atoms with E-state index in [1.54, 1.807) is 0 Å². The minimum atomic E-state index is 0.223. The van der Waals surface area contributed by atoms with Gasteiger partial charge in [0.25, 0.3) is 0 Å². The second-order valence-electron chi connectivity index (χ2n) is 4.52. The maximum Gasteiger partial charge on any atom is 0.0587 e. The Morgan fingerprint density at radius 3 is 2.41 bits per heavy atom. The van der Waals surface area contributed by atoms with Crippen molar-refractivity contribution in [2.45, 2.75) is 25.3 Å². The van der Waals surface area contributed by atoms with Crippen LogP contribution in [0.4, 0.5) is 0 Å². The fourth-order valence-electron chi connectivity index (χ4n) is 2.20. The van der Waals surface area contributed by atoms with Gasteiger partial charge in [0.15, 0.2) is 0 Å². The molecule has 1 unspecified atom stereocenters. The van der Waals surface area contributed by atoms with Crippen LogP contribution < -0.4 is 11.2 Å². The van der Waals surface area contributed by atoms with Gasteiger partial charge in [-0.15, -0.1) is 0 Å². The molecule has 17 heavy (non-hydrogen) atoms. The molecule has 94 valence electrons. The molecule has 2 rings (SSSR count). The number of hydrogen-bond donors (Lipinski definition) is 2. The van der Waals surface area contributed by atoms with Crippen LogP contribution in [0.1, 0.15) is 30.9 Å². The third-order valence-electron chi connectivity index (χ3n) is 3.20. The first kappa shape index (κ1) is 13.0. The highest BCUT2D eigenvalue weighted by Crippen LogP contribution is 2.17. The van der Waals surface area contributed by atoms with E-state index in [0.29, 0.717) is 6.54 Å². The predicted octanol–water partition coefficient (Wildman–Crippen LogP) is 2.44. The molecular weight excluding hydrogens is 278 g/mol. The number of nitrogens with zero attached hydrogens (tertiary/aromatic N) is 1. The molecule has 0 amide bonds. The number of halogens is 1. The summed E-state index contributed by atoms with van der Waals surface area (Å²) in [7, 11) is 0. The van der Waals surface area contributed by atoms with E-state index in [1.807, 2.05) is 0 Å². The standard InChI is InChI=1S/C13H20BrN3/c14-12-6-4-11(5-7-12)13(10-15)16-17-8-2-1-3-9-17/h4-7,13,16H,1-3,8-10,15H2. The van der Waals surface area contributed by atoms with Crippen molar-refractivity contribution in [3.05, 3.63) is 34.3 Å². The molecule has 1 fully saturated rings. The molecule has 0 aromatic heterocycles. The third-order valence-corrected chi connectivity index (χ3v) is 3.73.